The van der Waals surface area contributed by atoms with Gasteiger partial charge in [-0.3, -0.25) is 14.2 Å². The summed E-state index contributed by atoms with van der Waals surface area (Å²) >= 11 is 1.33. The van der Waals surface area contributed by atoms with Crippen molar-refractivity contribution in [2.75, 3.05) is 11.9 Å². The van der Waals surface area contributed by atoms with Crippen molar-refractivity contribution in [3.05, 3.63) is 64.7 Å². The molecule has 0 unspecified atom stereocenters. The van der Waals surface area contributed by atoms with Crippen molar-refractivity contribution in [2.45, 2.75) is 62.6 Å². The molecule has 0 bridgehead atoms. The SMILES string of the molecule is CCCc1nc2ccccc2c(=O)n1CCCCNc1ccc(SC(C)(C)C(=O)O)cc1. The minimum atomic E-state index is -0.860. The van der Waals surface area contributed by atoms with Gasteiger partial charge >= 0.3 is 5.97 Å². The first-order valence-corrected chi connectivity index (χ1v) is 11.9. The number of para-hydroxylation sites is 1. The lowest BCUT2D eigenvalue weighted by molar-refractivity contribution is -0.138. The number of rotatable bonds is 11. The van der Waals surface area contributed by atoms with Crippen LogP contribution in [-0.2, 0) is 17.8 Å². The molecule has 32 heavy (non-hydrogen) atoms. The minimum absolute atomic E-state index is 0.0457. The second kappa shape index (κ2) is 10.7. The maximum atomic E-state index is 13.0. The molecule has 0 spiro atoms. The predicted octanol–water partition coefficient (Wildman–Crippen LogP) is 5.20. The van der Waals surface area contributed by atoms with Gasteiger partial charge in [0.25, 0.3) is 5.56 Å². The van der Waals surface area contributed by atoms with Crippen molar-refractivity contribution in [2.24, 2.45) is 0 Å². The zero-order chi connectivity index (χ0) is 23.1. The number of nitrogens with one attached hydrogen (secondary N) is 1. The van der Waals surface area contributed by atoms with Gasteiger partial charge in [0.1, 0.15) is 10.6 Å². The van der Waals surface area contributed by atoms with Crippen LogP contribution < -0.4 is 10.9 Å². The lowest BCUT2D eigenvalue weighted by Crippen LogP contribution is -2.26. The number of benzene rings is 2. The number of carbonyl (C=O) groups is 1. The van der Waals surface area contributed by atoms with Crippen molar-refractivity contribution >= 4 is 34.3 Å². The molecule has 0 amide bonds. The van der Waals surface area contributed by atoms with E-state index in [1.165, 1.54) is 11.8 Å². The van der Waals surface area contributed by atoms with Crippen LogP contribution in [0.25, 0.3) is 10.9 Å². The summed E-state index contributed by atoms with van der Waals surface area (Å²) in [5.74, 6) is 0.0362. The van der Waals surface area contributed by atoms with Gasteiger partial charge in [-0.05, 0) is 69.5 Å². The molecule has 0 fully saturated rings. The van der Waals surface area contributed by atoms with Gasteiger partial charge in [-0.1, -0.05) is 19.1 Å². The number of fused-ring (bicyclic) bond motifs is 1. The number of aliphatic carboxylic acids is 1. The summed E-state index contributed by atoms with van der Waals surface area (Å²) in [6, 6.07) is 15.4. The second-order valence-corrected chi connectivity index (χ2v) is 10.0. The highest BCUT2D eigenvalue weighted by Gasteiger charge is 2.28. The Morgan fingerprint density at radius 3 is 2.53 bits per heavy atom. The highest BCUT2D eigenvalue weighted by molar-refractivity contribution is 8.01. The molecule has 1 aromatic heterocycles. The van der Waals surface area contributed by atoms with Crippen molar-refractivity contribution < 1.29 is 9.90 Å². The van der Waals surface area contributed by atoms with Crippen LogP contribution in [0.2, 0.25) is 0 Å². The van der Waals surface area contributed by atoms with E-state index in [9.17, 15) is 14.7 Å². The Bertz CT molecular complexity index is 1120. The fraction of sp³-hybridized carbons (Fsp3) is 0.400. The third kappa shape index (κ3) is 5.91. The number of carboxylic acids is 1. The van der Waals surface area contributed by atoms with Crippen molar-refractivity contribution in [3.8, 4) is 0 Å². The van der Waals surface area contributed by atoms with Crippen LogP contribution in [0.3, 0.4) is 0 Å². The summed E-state index contributed by atoms with van der Waals surface area (Å²) in [5.41, 5.74) is 1.82. The molecular formula is C25H31N3O3S. The average molecular weight is 454 g/mol. The maximum absolute atomic E-state index is 13.0. The lowest BCUT2D eigenvalue weighted by atomic mass is 10.2. The third-order valence-corrected chi connectivity index (χ3v) is 6.49. The van der Waals surface area contributed by atoms with Crippen LogP contribution >= 0.6 is 11.8 Å². The number of carboxylic acid groups (broad SMARTS) is 1. The van der Waals surface area contributed by atoms with Gasteiger partial charge in [-0.15, -0.1) is 11.8 Å². The largest absolute Gasteiger partial charge is 0.480 e. The van der Waals surface area contributed by atoms with Gasteiger partial charge in [0, 0.05) is 30.1 Å². The summed E-state index contributed by atoms with van der Waals surface area (Å²) in [5, 5.41) is 13.3. The molecule has 0 radical (unpaired) electrons. The first-order chi connectivity index (χ1) is 15.3. The van der Waals surface area contributed by atoms with Crippen molar-refractivity contribution in [1.29, 1.82) is 0 Å². The Balaban J connectivity index is 1.54. The van der Waals surface area contributed by atoms with Gasteiger partial charge in [0.15, 0.2) is 0 Å². The van der Waals surface area contributed by atoms with E-state index in [0.29, 0.717) is 11.9 Å². The summed E-state index contributed by atoms with van der Waals surface area (Å²) in [4.78, 5) is 29.9. The van der Waals surface area contributed by atoms with Gasteiger partial charge in [-0.2, -0.15) is 0 Å². The van der Waals surface area contributed by atoms with E-state index in [2.05, 4.69) is 12.2 Å². The van der Waals surface area contributed by atoms with E-state index < -0.39 is 10.7 Å². The molecule has 6 nitrogen and oxygen atoms in total. The van der Waals surface area contributed by atoms with E-state index in [-0.39, 0.29) is 5.56 Å². The number of hydrogen-bond acceptors (Lipinski definition) is 5. The molecule has 0 aliphatic rings. The number of nitrogens with zero attached hydrogens (tertiary/aromatic N) is 2. The van der Waals surface area contributed by atoms with Crippen LogP contribution in [0.15, 0.2) is 58.2 Å². The van der Waals surface area contributed by atoms with E-state index in [4.69, 9.17) is 4.98 Å². The Kier molecular flexibility index (Phi) is 7.96. The Labute approximate surface area is 193 Å². The van der Waals surface area contributed by atoms with E-state index in [1.807, 2.05) is 53.1 Å². The molecule has 7 heteroatoms. The smallest absolute Gasteiger partial charge is 0.319 e. The number of aromatic nitrogens is 2. The summed E-state index contributed by atoms with van der Waals surface area (Å²) in [6.07, 6.45) is 3.55. The molecule has 3 aromatic rings. The predicted molar refractivity (Wildman–Crippen MR) is 132 cm³/mol. The summed E-state index contributed by atoms with van der Waals surface area (Å²) < 4.78 is 0.976. The van der Waals surface area contributed by atoms with Crippen LogP contribution in [0.4, 0.5) is 5.69 Å². The number of thioether (sulfide) groups is 1. The molecular weight excluding hydrogens is 422 g/mol. The molecule has 170 valence electrons. The number of unbranched alkanes of at least 4 members (excludes halogenated alkanes) is 1. The van der Waals surface area contributed by atoms with Crippen LogP contribution in [0.1, 0.15) is 45.9 Å². The molecule has 2 N–H and O–H groups in total. The molecule has 0 aliphatic heterocycles. The average Bonchev–Trinajstić information content (AvgIpc) is 2.76. The zero-order valence-electron chi connectivity index (χ0n) is 18.9. The highest BCUT2D eigenvalue weighted by atomic mass is 32.2. The van der Waals surface area contributed by atoms with Crippen LogP contribution in [0, 0.1) is 0 Å². The molecule has 0 atom stereocenters. The Morgan fingerprint density at radius 2 is 1.84 bits per heavy atom. The van der Waals surface area contributed by atoms with Gasteiger partial charge in [0.05, 0.1) is 10.9 Å². The van der Waals surface area contributed by atoms with Gasteiger partial charge in [-0.25, -0.2) is 4.98 Å². The molecule has 0 saturated carbocycles. The third-order valence-electron chi connectivity index (χ3n) is 5.29. The summed E-state index contributed by atoms with van der Waals surface area (Å²) in [7, 11) is 0. The first kappa shape index (κ1) is 23.9. The topological polar surface area (TPSA) is 84.2 Å². The molecule has 2 aromatic carbocycles. The molecule has 0 saturated heterocycles. The standard InChI is InChI=1S/C25H31N3O3S/c1-4-9-22-27-21-11-6-5-10-20(21)23(29)28(22)17-8-7-16-26-18-12-14-19(15-13-18)32-25(2,3)24(30)31/h5-6,10-15,26H,4,7-9,16-17H2,1-3H3,(H,30,31). The number of hydrogen-bond donors (Lipinski definition) is 2. The first-order valence-electron chi connectivity index (χ1n) is 11.1. The normalized spacial score (nSPS) is 11.6. The van der Waals surface area contributed by atoms with E-state index in [0.717, 1.165) is 54.2 Å². The molecule has 3 rings (SSSR count). The van der Waals surface area contributed by atoms with Gasteiger partial charge in [0.2, 0.25) is 0 Å². The minimum Gasteiger partial charge on any atom is -0.480 e. The Hall–Kier alpha value is -2.80. The fourth-order valence-corrected chi connectivity index (χ4v) is 4.41. The number of aryl methyl sites for hydroxylation is 1. The zero-order valence-corrected chi connectivity index (χ0v) is 19.7. The van der Waals surface area contributed by atoms with E-state index >= 15 is 0 Å². The van der Waals surface area contributed by atoms with Crippen LogP contribution in [0.5, 0.6) is 0 Å². The Morgan fingerprint density at radius 1 is 1.12 bits per heavy atom. The molecule has 0 aliphatic carbocycles. The van der Waals surface area contributed by atoms with Crippen molar-refractivity contribution in [3.63, 3.8) is 0 Å². The highest BCUT2D eigenvalue weighted by Crippen LogP contribution is 2.33. The fourth-order valence-electron chi connectivity index (χ4n) is 3.47. The summed E-state index contributed by atoms with van der Waals surface area (Å²) in [6.45, 7) is 6.96. The van der Waals surface area contributed by atoms with Crippen molar-refractivity contribution in [1.82, 2.24) is 9.55 Å². The molecule has 1 heterocycles. The van der Waals surface area contributed by atoms with Gasteiger partial charge < -0.3 is 10.4 Å². The quantitative estimate of drug-likeness (QED) is 0.307. The number of anilines is 1. The lowest BCUT2D eigenvalue weighted by Gasteiger charge is -2.18. The monoisotopic (exact) mass is 453 g/mol. The second-order valence-electron chi connectivity index (χ2n) is 8.33. The maximum Gasteiger partial charge on any atom is 0.319 e. The van der Waals surface area contributed by atoms with E-state index in [1.54, 1.807) is 13.8 Å². The van der Waals surface area contributed by atoms with Crippen LogP contribution in [-0.4, -0.2) is 31.9 Å².